The van der Waals surface area contributed by atoms with E-state index in [1.165, 1.54) is 38.5 Å². The van der Waals surface area contributed by atoms with E-state index in [2.05, 4.69) is 12.2 Å². The summed E-state index contributed by atoms with van der Waals surface area (Å²) >= 11 is 0. The molecule has 0 radical (unpaired) electrons. The summed E-state index contributed by atoms with van der Waals surface area (Å²) in [5, 5.41) is 3.61. The Morgan fingerprint density at radius 3 is 2.50 bits per heavy atom. The molecule has 96 valence electrons. The second-order valence-corrected chi connectivity index (χ2v) is 6.66. The van der Waals surface area contributed by atoms with Crippen LogP contribution in [0.5, 0.6) is 0 Å². The van der Waals surface area contributed by atoms with Crippen LogP contribution >= 0.6 is 0 Å². The van der Waals surface area contributed by atoms with Gasteiger partial charge in [0.15, 0.2) is 0 Å². The van der Waals surface area contributed by atoms with Gasteiger partial charge in [0, 0.05) is 34.9 Å². The first-order chi connectivity index (χ1) is 7.77. The van der Waals surface area contributed by atoms with Crippen molar-refractivity contribution >= 4 is 10.8 Å². The van der Waals surface area contributed by atoms with Crippen LogP contribution in [0.4, 0.5) is 0 Å². The molecular weight excluding hydrogens is 218 g/mol. The molecule has 0 bridgehead atoms. The van der Waals surface area contributed by atoms with Crippen molar-refractivity contribution in [3.8, 4) is 0 Å². The van der Waals surface area contributed by atoms with Crippen LogP contribution in [-0.4, -0.2) is 28.3 Å². The molecule has 1 rings (SSSR count). The lowest BCUT2D eigenvalue weighted by molar-refractivity contribution is 0.266. The Hall–Kier alpha value is 0.110. The average molecular weight is 245 g/mol. The minimum atomic E-state index is -0.613. The molecule has 2 unspecified atom stereocenters. The van der Waals surface area contributed by atoms with E-state index in [1.807, 2.05) is 6.92 Å². The summed E-state index contributed by atoms with van der Waals surface area (Å²) in [7, 11) is -0.613. The van der Waals surface area contributed by atoms with Crippen LogP contribution in [0.25, 0.3) is 0 Å². The fourth-order valence-electron chi connectivity index (χ4n) is 2.68. The second kappa shape index (κ2) is 8.24. The van der Waals surface area contributed by atoms with Crippen LogP contribution in [0.15, 0.2) is 0 Å². The van der Waals surface area contributed by atoms with Crippen molar-refractivity contribution in [3.05, 3.63) is 0 Å². The standard InChI is InChI=1S/C13H27NOS/c1-3-13(12-8-6-5-7-9-12)14-10-11-16(15)4-2/h12-14H,3-11H2,1-2H3. The summed E-state index contributed by atoms with van der Waals surface area (Å²) in [6.07, 6.45) is 8.23. The van der Waals surface area contributed by atoms with Crippen molar-refractivity contribution in [1.29, 1.82) is 0 Å². The van der Waals surface area contributed by atoms with E-state index >= 15 is 0 Å². The van der Waals surface area contributed by atoms with Gasteiger partial charge >= 0.3 is 0 Å². The topological polar surface area (TPSA) is 29.1 Å². The van der Waals surface area contributed by atoms with Crippen LogP contribution in [-0.2, 0) is 10.8 Å². The predicted octanol–water partition coefficient (Wildman–Crippen LogP) is 2.70. The molecule has 0 heterocycles. The number of hydrogen-bond acceptors (Lipinski definition) is 2. The summed E-state index contributed by atoms with van der Waals surface area (Å²) in [6.45, 7) is 5.19. The molecule has 0 aromatic carbocycles. The third-order valence-electron chi connectivity index (χ3n) is 3.72. The van der Waals surface area contributed by atoms with E-state index in [1.54, 1.807) is 0 Å². The summed E-state index contributed by atoms with van der Waals surface area (Å²) < 4.78 is 11.3. The highest BCUT2D eigenvalue weighted by Gasteiger charge is 2.21. The quantitative estimate of drug-likeness (QED) is 0.747. The second-order valence-electron chi connectivity index (χ2n) is 4.80. The Morgan fingerprint density at radius 1 is 1.25 bits per heavy atom. The zero-order chi connectivity index (χ0) is 11.8. The third kappa shape index (κ3) is 4.96. The van der Waals surface area contributed by atoms with Gasteiger partial charge in [0.25, 0.3) is 0 Å². The van der Waals surface area contributed by atoms with Gasteiger partial charge in [-0.05, 0) is 25.2 Å². The molecular formula is C13H27NOS. The van der Waals surface area contributed by atoms with E-state index in [0.29, 0.717) is 6.04 Å². The molecule has 1 fully saturated rings. The minimum absolute atomic E-state index is 0.613. The van der Waals surface area contributed by atoms with Gasteiger partial charge in [-0.15, -0.1) is 0 Å². The molecule has 3 heteroatoms. The lowest BCUT2D eigenvalue weighted by Crippen LogP contribution is -2.38. The lowest BCUT2D eigenvalue weighted by atomic mass is 9.83. The molecule has 0 spiro atoms. The summed E-state index contributed by atoms with van der Waals surface area (Å²) in [6, 6.07) is 0.661. The summed E-state index contributed by atoms with van der Waals surface area (Å²) in [4.78, 5) is 0. The third-order valence-corrected chi connectivity index (χ3v) is 5.02. The van der Waals surface area contributed by atoms with Crippen molar-refractivity contribution < 1.29 is 4.21 Å². The number of nitrogens with one attached hydrogen (secondary N) is 1. The maximum Gasteiger partial charge on any atom is 0.0360 e. The first-order valence-corrected chi connectivity index (χ1v) is 8.35. The van der Waals surface area contributed by atoms with E-state index in [4.69, 9.17) is 0 Å². The molecule has 0 aromatic heterocycles. The zero-order valence-corrected chi connectivity index (χ0v) is 11.7. The Morgan fingerprint density at radius 2 is 1.94 bits per heavy atom. The Labute approximate surface area is 103 Å². The van der Waals surface area contributed by atoms with Crippen LogP contribution in [0, 0.1) is 5.92 Å². The van der Waals surface area contributed by atoms with Crippen LogP contribution in [0.1, 0.15) is 52.4 Å². The van der Waals surface area contributed by atoms with Crippen LogP contribution in [0.2, 0.25) is 0 Å². The number of hydrogen-bond donors (Lipinski definition) is 1. The maximum absolute atomic E-state index is 11.3. The van der Waals surface area contributed by atoms with E-state index in [9.17, 15) is 4.21 Å². The fraction of sp³-hybridized carbons (Fsp3) is 1.00. The van der Waals surface area contributed by atoms with Crippen molar-refractivity contribution in [2.24, 2.45) is 5.92 Å². The molecule has 1 N–H and O–H groups in total. The minimum Gasteiger partial charge on any atom is -0.313 e. The van der Waals surface area contributed by atoms with Crippen molar-refractivity contribution in [2.45, 2.75) is 58.4 Å². The molecule has 0 aromatic rings. The largest absolute Gasteiger partial charge is 0.313 e. The van der Waals surface area contributed by atoms with Crippen molar-refractivity contribution in [2.75, 3.05) is 18.1 Å². The normalized spacial score (nSPS) is 21.9. The monoisotopic (exact) mass is 245 g/mol. The number of rotatable bonds is 7. The van der Waals surface area contributed by atoms with Gasteiger partial charge in [0.1, 0.15) is 0 Å². The predicted molar refractivity (Wildman–Crippen MR) is 72.2 cm³/mol. The van der Waals surface area contributed by atoms with Gasteiger partial charge in [0.2, 0.25) is 0 Å². The average Bonchev–Trinajstić information content (AvgIpc) is 2.35. The van der Waals surface area contributed by atoms with Gasteiger partial charge in [-0.25, -0.2) is 0 Å². The first-order valence-electron chi connectivity index (χ1n) is 6.86. The lowest BCUT2D eigenvalue weighted by Gasteiger charge is -2.30. The highest BCUT2D eigenvalue weighted by atomic mass is 32.2. The van der Waals surface area contributed by atoms with Crippen molar-refractivity contribution in [3.63, 3.8) is 0 Å². The SMILES string of the molecule is CCC(NCCS(=O)CC)C1CCCCC1. The van der Waals surface area contributed by atoms with E-state index in [-0.39, 0.29) is 0 Å². The van der Waals surface area contributed by atoms with Gasteiger partial charge in [-0.1, -0.05) is 33.1 Å². The Kier molecular flexibility index (Phi) is 7.30. The van der Waals surface area contributed by atoms with E-state index in [0.717, 1.165) is 24.0 Å². The molecule has 1 aliphatic carbocycles. The van der Waals surface area contributed by atoms with Crippen LogP contribution in [0.3, 0.4) is 0 Å². The van der Waals surface area contributed by atoms with E-state index < -0.39 is 10.8 Å². The van der Waals surface area contributed by atoms with Crippen LogP contribution < -0.4 is 5.32 Å². The fourth-order valence-corrected chi connectivity index (χ4v) is 3.32. The Bertz CT molecular complexity index is 202. The van der Waals surface area contributed by atoms with Gasteiger partial charge in [-0.3, -0.25) is 4.21 Å². The highest BCUT2D eigenvalue weighted by Crippen LogP contribution is 2.27. The summed E-state index contributed by atoms with van der Waals surface area (Å²) in [5.41, 5.74) is 0. The molecule has 1 aliphatic rings. The molecule has 2 atom stereocenters. The molecule has 0 amide bonds. The zero-order valence-electron chi connectivity index (χ0n) is 10.8. The highest BCUT2D eigenvalue weighted by molar-refractivity contribution is 7.84. The maximum atomic E-state index is 11.3. The molecule has 0 saturated heterocycles. The van der Waals surface area contributed by atoms with Gasteiger partial charge < -0.3 is 5.32 Å². The molecule has 1 saturated carbocycles. The van der Waals surface area contributed by atoms with Gasteiger partial charge in [-0.2, -0.15) is 0 Å². The molecule has 16 heavy (non-hydrogen) atoms. The summed E-state index contributed by atoms with van der Waals surface area (Å²) in [5.74, 6) is 2.48. The van der Waals surface area contributed by atoms with Crippen molar-refractivity contribution in [1.82, 2.24) is 5.32 Å². The Balaban J connectivity index is 2.22. The molecule has 0 aliphatic heterocycles. The smallest absolute Gasteiger partial charge is 0.0360 e. The molecule has 2 nitrogen and oxygen atoms in total. The first kappa shape index (κ1) is 14.2. The van der Waals surface area contributed by atoms with Gasteiger partial charge in [0.05, 0.1) is 0 Å².